The van der Waals surface area contributed by atoms with Gasteiger partial charge in [0.1, 0.15) is 22.4 Å². The van der Waals surface area contributed by atoms with Crippen molar-refractivity contribution in [2.24, 2.45) is 5.73 Å². The molecule has 0 radical (unpaired) electrons. The quantitative estimate of drug-likeness (QED) is 0.642. The van der Waals surface area contributed by atoms with Crippen molar-refractivity contribution in [3.05, 3.63) is 35.6 Å². The number of piperidine rings is 1. The molecule has 0 amide bonds. The van der Waals surface area contributed by atoms with Gasteiger partial charge in [0.2, 0.25) is 5.95 Å². The zero-order valence-electron chi connectivity index (χ0n) is 17.3. The minimum atomic E-state index is 0.163. The first-order valence-electron chi connectivity index (χ1n) is 10.7. The molecule has 2 fully saturated rings. The van der Waals surface area contributed by atoms with Crippen molar-refractivity contribution in [3.8, 4) is 5.75 Å². The molecule has 158 valence electrons. The number of hydrogen-bond donors (Lipinski definition) is 2. The van der Waals surface area contributed by atoms with E-state index in [0.29, 0.717) is 11.9 Å². The molecular weight excluding hydrogens is 396 g/mol. The number of fused-ring (bicyclic) bond motifs is 1. The number of nitrogens with two attached hydrogens (primary N) is 1. The summed E-state index contributed by atoms with van der Waals surface area (Å²) < 4.78 is 6.24. The Morgan fingerprint density at radius 2 is 2.00 bits per heavy atom. The lowest BCUT2D eigenvalue weighted by Crippen LogP contribution is -2.29. The van der Waals surface area contributed by atoms with Gasteiger partial charge in [-0.3, -0.25) is 0 Å². The molecule has 30 heavy (non-hydrogen) atoms. The Hall–Kier alpha value is -2.29. The molecule has 5 rings (SSSR count). The van der Waals surface area contributed by atoms with E-state index in [1.54, 1.807) is 11.3 Å². The fourth-order valence-corrected chi connectivity index (χ4v) is 5.32. The molecule has 8 heteroatoms. The fraction of sp³-hybridized carbons (Fsp3) is 0.500. The zero-order valence-corrected chi connectivity index (χ0v) is 18.1. The topological polar surface area (TPSA) is 89.2 Å². The summed E-state index contributed by atoms with van der Waals surface area (Å²) in [7, 11) is 2.18. The number of ether oxygens (including phenoxy) is 1. The smallest absolute Gasteiger partial charge is 0.228 e. The van der Waals surface area contributed by atoms with Crippen molar-refractivity contribution in [2.45, 2.75) is 50.2 Å². The predicted molar refractivity (Wildman–Crippen MR) is 121 cm³/mol. The molecule has 0 bridgehead atoms. The number of para-hydroxylation sites is 1. The van der Waals surface area contributed by atoms with Gasteiger partial charge in [0.05, 0.1) is 11.2 Å². The summed E-state index contributed by atoms with van der Waals surface area (Å²) in [6.07, 6.45) is 9.15. The number of thiazole rings is 1. The molecule has 1 aliphatic carbocycles. The number of rotatable bonds is 5. The van der Waals surface area contributed by atoms with Crippen LogP contribution in [0.3, 0.4) is 0 Å². The highest BCUT2D eigenvalue weighted by atomic mass is 32.1. The standard InChI is InChI=1S/C22H28N6OS/c1-28-9-7-14(8-10-28)21-24-13-19(30-21)26-22-25-12-15-3-2-4-18(20(15)27-22)29-17-6-5-16(23)11-17/h2-4,12-14,16-17H,5-11,23H2,1H3,(H,25,26,27). The van der Waals surface area contributed by atoms with Gasteiger partial charge < -0.3 is 20.7 Å². The van der Waals surface area contributed by atoms with E-state index in [1.165, 1.54) is 17.8 Å². The van der Waals surface area contributed by atoms with E-state index in [2.05, 4.69) is 27.2 Å². The first-order valence-corrected chi connectivity index (χ1v) is 11.5. The van der Waals surface area contributed by atoms with E-state index in [4.69, 9.17) is 15.5 Å². The number of benzene rings is 1. The summed E-state index contributed by atoms with van der Waals surface area (Å²) in [5, 5.41) is 6.49. The Bertz CT molecular complexity index is 1020. The molecular formula is C22H28N6OS. The molecule has 7 nitrogen and oxygen atoms in total. The molecule has 1 aliphatic heterocycles. The Morgan fingerprint density at radius 3 is 2.80 bits per heavy atom. The van der Waals surface area contributed by atoms with Crippen molar-refractivity contribution in [2.75, 3.05) is 25.5 Å². The zero-order chi connectivity index (χ0) is 20.5. The number of anilines is 2. The first-order chi connectivity index (χ1) is 14.6. The summed E-state index contributed by atoms with van der Waals surface area (Å²) in [6, 6.07) is 6.22. The Morgan fingerprint density at radius 1 is 1.13 bits per heavy atom. The fourth-order valence-electron chi connectivity index (χ4n) is 4.34. The van der Waals surface area contributed by atoms with Gasteiger partial charge >= 0.3 is 0 Å². The number of nitrogens with one attached hydrogen (secondary N) is 1. The van der Waals surface area contributed by atoms with Gasteiger partial charge in [0, 0.05) is 23.5 Å². The number of aromatic nitrogens is 3. The van der Waals surface area contributed by atoms with Crippen LogP contribution in [0.1, 0.15) is 43.0 Å². The van der Waals surface area contributed by atoms with Crippen LogP contribution in [0.15, 0.2) is 30.6 Å². The van der Waals surface area contributed by atoms with E-state index in [1.807, 2.05) is 30.6 Å². The van der Waals surface area contributed by atoms with Crippen LogP contribution >= 0.6 is 11.3 Å². The lowest BCUT2D eigenvalue weighted by Gasteiger charge is -2.27. The number of nitrogens with zero attached hydrogens (tertiary/aromatic N) is 4. The average Bonchev–Trinajstić information content (AvgIpc) is 3.38. The van der Waals surface area contributed by atoms with E-state index >= 15 is 0 Å². The summed E-state index contributed by atoms with van der Waals surface area (Å²) in [6.45, 7) is 2.27. The van der Waals surface area contributed by atoms with Gasteiger partial charge in [-0.15, -0.1) is 11.3 Å². The molecule has 3 heterocycles. The van der Waals surface area contributed by atoms with Crippen LogP contribution in [0, 0.1) is 0 Å². The lowest BCUT2D eigenvalue weighted by molar-refractivity contribution is 0.210. The van der Waals surface area contributed by atoms with Crippen molar-refractivity contribution in [1.29, 1.82) is 0 Å². The molecule has 2 aromatic heterocycles. The minimum absolute atomic E-state index is 0.163. The lowest BCUT2D eigenvalue weighted by atomic mass is 9.98. The molecule has 0 spiro atoms. The van der Waals surface area contributed by atoms with E-state index < -0.39 is 0 Å². The maximum absolute atomic E-state index is 6.24. The maximum Gasteiger partial charge on any atom is 0.228 e. The van der Waals surface area contributed by atoms with E-state index in [0.717, 1.165) is 54.0 Å². The highest BCUT2D eigenvalue weighted by Crippen LogP contribution is 2.34. The van der Waals surface area contributed by atoms with E-state index in [-0.39, 0.29) is 12.1 Å². The third kappa shape index (κ3) is 4.26. The molecule has 1 saturated carbocycles. The number of hydrogen-bond acceptors (Lipinski definition) is 8. The predicted octanol–water partition coefficient (Wildman–Crippen LogP) is 3.90. The Kier molecular flexibility index (Phi) is 5.54. The first kappa shape index (κ1) is 19.7. The monoisotopic (exact) mass is 424 g/mol. The second-order valence-electron chi connectivity index (χ2n) is 8.47. The molecule has 2 atom stereocenters. The molecule has 3 N–H and O–H groups in total. The third-order valence-electron chi connectivity index (χ3n) is 6.12. The van der Waals surface area contributed by atoms with Crippen LogP contribution < -0.4 is 15.8 Å². The van der Waals surface area contributed by atoms with Crippen LogP contribution in [0.5, 0.6) is 5.75 Å². The molecule has 2 unspecified atom stereocenters. The molecule has 1 aromatic carbocycles. The van der Waals surface area contributed by atoms with Crippen molar-refractivity contribution in [3.63, 3.8) is 0 Å². The van der Waals surface area contributed by atoms with Crippen LogP contribution in [0.25, 0.3) is 10.9 Å². The van der Waals surface area contributed by atoms with Crippen LogP contribution in [-0.4, -0.2) is 52.1 Å². The second kappa shape index (κ2) is 8.45. The molecule has 2 aliphatic rings. The summed E-state index contributed by atoms with van der Waals surface area (Å²) in [4.78, 5) is 16.3. The Balaban J connectivity index is 1.33. The van der Waals surface area contributed by atoms with Gasteiger partial charge in [0.25, 0.3) is 0 Å². The van der Waals surface area contributed by atoms with Crippen molar-refractivity contribution in [1.82, 2.24) is 19.9 Å². The van der Waals surface area contributed by atoms with E-state index in [9.17, 15) is 0 Å². The summed E-state index contributed by atoms with van der Waals surface area (Å²) in [5.41, 5.74) is 6.87. The number of likely N-dealkylation sites (tertiary alicyclic amines) is 1. The minimum Gasteiger partial charge on any atom is -0.488 e. The normalized spacial score (nSPS) is 23.1. The Labute approximate surface area is 180 Å². The maximum atomic E-state index is 6.24. The highest BCUT2D eigenvalue weighted by molar-refractivity contribution is 7.15. The van der Waals surface area contributed by atoms with Gasteiger partial charge in [-0.25, -0.2) is 15.0 Å². The van der Waals surface area contributed by atoms with Gasteiger partial charge in [-0.2, -0.15) is 0 Å². The average molecular weight is 425 g/mol. The van der Waals surface area contributed by atoms with Gasteiger partial charge in [0.15, 0.2) is 0 Å². The summed E-state index contributed by atoms with van der Waals surface area (Å²) in [5.74, 6) is 1.92. The van der Waals surface area contributed by atoms with Crippen molar-refractivity contribution < 1.29 is 4.74 Å². The SMILES string of the molecule is CN1CCC(c2ncc(Nc3ncc4cccc(OC5CCC(N)C5)c4n3)s2)CC1. The van der Waals surface area contributed by atoms with Crippen LogP contribution in [-0.2, 0) is 0 Å². The van der Waals surface area contributed by atoms with Crippen LogP contribution in [0.4, 0.5) is 10.9 Å². The van der Waals surface area contributed by atoms with Crippen molar-refractivity contribution >= 4 is 33.2 Å². The van der Waals surface area contributed by atoms with Gasteiger partial charge in [-0.05, 0) is 58.3 Å². The second-order valence-corrected chi connectivity index (χ2v) is 9.53. The molecule has 3 aromatic rings. The van der Waals surface area contributed by atoms with Crippen LogP contribution in [0.2, 0.25) is 0 Å². The largest absolute Gasteiger partial charge is 0.488 e. The third-order valence-corrected chi connectivity index (χ3v) is 7.19. The van der Waals surface area contributed by atoms with Gasteiger partial charge in [-0.1, -0.05) is 12.1 Å². The molecule has 1 saturated heterocycles. The summed E-state index contributed by atoms with van der Waals surface area (Å²) >= 11 is 1.71. The highest BCUT2D eigenvalue weighted by Gasteiger charge is 2.24.